The van der Waals surface area contributed by atoms with Gasteiger partial charge in [0.1, 0.15) is 18.2 Å². The second-order valence-electron chi connectivity index (χ2n) is 6.78. The molecule has 1 aliphatic heterocycles. The average molecular weight is 473 g/mol. The average Bonchev–Trinajstić information content (AvgIpc) is 2.77. The first kappa shape index (κ1) is 23.6. The van der Waals surface area contributed by atoms with E-state index in [1.807, 2.05) is 6.92 Å². The van der Waals surface area contributed by atoms with E-state index in [9.17, 15) is 21.2 Å². The van der Waals surface area contributed by atoms with Gasteiger partial charge < -0.3 is 9.47 Å². The lowest BCUT2D eigenvalue weighted by Gasteiger charge is -2.33. The van der Waals surface area contributed by atoms with Crippen molar-refractivity contribution in [3.63, 3.8) is 0 Å². The minimum absolute atomic E-state index is 0.00346. The van der Waals surface area contributed by atoms with Crippen LogP contribution in [0.1, 0.15) is 6.92 Å². The van der Waals surface area contributed by atoms with Crippen LogP contribution in [-0.2, 0) is 24.8 Å². The van der Waals surface area contributed by atoms with Gasteiger partial charge in [0.15, 0.2) is 0 Å². The van der Waals surface area contributed by atoms with Crippen LogP contribution in [0.25, 0.3) is 0 Å². The van der Waals surface area contributed by atoms with Gasteiger partial charge in [-0.3, -0.25) is 0 Å². The van der Waals surface area contributed by atoms with E-state index in [1.54, 1.807) is 12.1 Å². The van der Waals surface area contributed by atoms with Gasteiger partial charge in [-0.25, -0.2) is 21.2 Å². The molecule has 8 nitrogen and oxygen atoms in total. The van der Waals surface area contributed by atoms with Crippen molar-refractivity contribution in [1.29, 1.82) is 0 Å². The third-order valence-electron chi connectivity index (χ3n) is 4.79. The van der Waals surface area contributed by atoms with Crippen LogP contribution in [0.2, 0.25) is 0 Å². The number of sulfonamides is 2. The molecule has 0 N–H and O–H groups in total. The Labute approximate surface area is 182 Å². The summed E-state index contributed by atoms with van der Waals surface area (Å²) < 4.78 is 77.7. The molecule has 11 heteroatoms. The molecule has 2 aromatic carbocycles. The van der Waals surface area contributed by atoms with E-state index in [0.29, 0.717) is 25.6 Å². The monoisotopic (exact) mass is 472 g/mol. The normalized spacial score (nSPS) is 16.3. The number of nitrogens with zero attached hydrogens (tertiary/aromatic N) is 2. The summed E-state index contributed by atoms with van der Waals surface area (Å²) in [6, 6.07) is 10.8. The molecule has 0 radical (unpaired) electrons. The van der Waals surface area contributed by atoms with Gasteiger partial charge in [-0.05, 0) is 49.4 Å². The summed E-state index contributed by atoms with van der Waals surface area (Å²) in [4.78, 5) is -0.0465. The molecule has 0 aromatic heterocycles. The van der Waals surface area contributed by atoms with Gasteiger partial charge in [-0.2, -0.15) is 8.61 Å². The van der Waals surface area contributed by atoms with Crippen LogP contribution in [0.5, 0.6) is 5.75 Å². The number of benzene rings is 2. The highest BCUT2D eigenvalue weighted by Gasteiger charge is 2.33. The van der Waals surface area contributed by atoms with Crippen LogP contribution in [-0.4, -0.2) is 71.4 Å². The number of hydrogen-bond donors (Lipinski definition) is 0. The molecule has 0 saturated carbocycles. The molecule has 0 spiro atoms. The summed E-state index contributed by atoms with van der Waals surface area (Å²) in [7, 11) is -7.67. The lowest BCUT2D eigenvalue weighted by Crippen LogP contribution is -2.50. The number of rotatable bonds is 9. The van der Waals surface area contributed by atoms with Crippen molar-refractivity contribution < 1.29 is 30.7 Å². The fourth-order valence-electron chi connectivity index (χ4n) is 3.15. The van der Waals surface area contributed by atoms with Crippen LogP contribution in [0.3, 0.4) is 0 Å². The predicted octanol–water partition coefficient (Wildman–Crippen LogP) is 1.94. The van der Waals surface area contributed by atoms with Gasteiger partial charge in [0.05, 0.1) is 16.4 Å². The number of ether oxygens (including phenoxy) is 2. The van der Waals surface area contributed by atoms with Crippen molar-refractivity contribution in [2.45, 2.75) is 16.7 Å². The zero-order valence-electron chi connectivity index (χ0n) is 17.1. The summed E-state index contributed by atoms with van der Waals surface area (Å²) in [5, 5.41) is 0. The maximum Gasteiger partial charge on any atom is 0.243 e. The predicted molar refractivity (Wildman–Crippen MR) is 112 cm³/mol. The van der Waals surface area contributed by atoms with Gasteiger partial charge in [0.25, 0.3) is 0 Å². The van der Waals surface area contributed by atoms with Gasteiger partial charge in [-0.15, -0.1) is 0 Å². The highest BCUT2D eigenvalue weighted by atomic mass is 32.2. The Balaban J connectivity index is 1.63. The minimum atomic E-state index is -3.89. The molecule has 0 atom stereocenters. The first-order chi connectivity index (χ1) is 14.7. The molecule has 170 valence electrons. The van der Waals surface area contributed by atoms with Crippen LogP contribution < -0.4 is 4.74 Å². The first-order valence-electron chi connectivity index (χ1n) is 9.81. The second kappa shape index (κ2) is 10.0. The Morgan fingerprint density at radius 3 is 1.97 bits per heavy atom. The van der Waals surface area contributed by atoms with Crippen LogP contribution in [0, 0.1) is 5.82 Å². The van der Waals surface area contributed by atoms with Crippen molar-refractivity contribution >= 4 is 20.0 Å². The van der Waals surface area contributed by atoms with Crippen molar-refractivity contribution in [3.8, 4) is 5.75 Å². The SMILES string of the molecule is CCOCCOc1ccc(S(=O)(=O)N2CCN(S(=O)(=O)c3cccc(F)c3)CC2)cc1. The maximum absolute atomic E-state index is 13.4. The van der Waals surface area contributed by atoms with Crippen molar-refractivity contribution in [1.82, 2.24) is 8.61 Å². The van der Waals surface area contributed by atoms with E-state index in [1.165, 1.54) is 38.9 Å². The highest BCUT2D eigenvalue weighted by molar-refractivity contribution is 7.89. The summed E-state index contributed by atoms with van der Waals surface area (Å²) in [6.45, 7) is 3.26. The van der Waals surface area contributed by atoms with Crippen LogP contribution in [0.4, 0.5) is 4.39 Å². The molecule has 1 fully saturated rings. The van der Waals surface area contributed by atoms with Gasteiger partial charge in [0.2, 0.25) is 20.0 Å². The van der Waals surface area contributed by atoms with E-state index in [0.717, 1.165) is 6.07 Å². The summed E-state index contributed by atoms with van der Waals surface area (Å²) in [6.07, 6.45) is 0. The van der Waals surface area contributed by atoms with E-state index in [4.69, 9.17) is 9.47 Å². The maximum atomic E-state index is 13.4. The molecule has 1 heterocycles. The highest BCUT2D eigenvalue weighted by Crippen LogP contribution is 2.23. The smallest absolute Gasteiger partial charge is 0.243 e. The number of piperazine rings is 1. The molecule has 1 saturated heterocycles. The quantitative estimate of drug-likeness (QED) is 0.518. The van der Waals surface area contributed by atoms with E-state index in [2.05, 4.69) is 0 Å². The Hall–Kier alpha value is -2.05. The Bertz CT molecular complexity index is 1080. The first-order valence-corrected chi connectivity index (χ1v) is 12.7. The lowest BCUT2D eigenvalue weighted by atomic mass is 10.3. The number of halogens is 1. The molecule has 1 aliphatic rings. The molecule has 0 unspecified atom stereocenters. The molecule has 0 bridgehead atoms. The van der Waals surface area contributed by atoms with Crippen molar-refractivity contribution in [3.05, 3.63) is 54.3 Å². The van der Waals surface area contributed by atoms with Gasteiger partial charge >= 0.3 is 0 Å². The molecular formula is C20H25FN2O6S2. The van der Waals surface area contributed by atoms with E-state index >= 15 is 0 Å². The molecule has 0 amide bonds. The lowest BCUT2D eigenvalue weighted by molar-refractivity contribution is 0.110. The molecule has 31 heavy (non-hydrogen) atoms. The standard InChI is InChI=1S/C20H25FN2O6S2/c1-2-28-14-15-29-18-6-8-19(9-7-18)30(24,25)22-10-12-23(13-11-22)31(26,27)20-5-3-4-17(21)16-20/h3-9,16H,2,10-15H2,1H3. The minimum Gasteiger partial charge on any atom is -0.491 e. The molecular weight excluding hydrogens is 447 g/mol. The fraction of sp³-hybridized carbons (Fsp3) is 0.400. The zero-order chi connectivity index (χ0) is 22.5. The Kier molecular flexibility index (Phi) is 7.65. The Morgan fingerprint density at radius 2 is 1.42 bits per heavy atom. The second-order valence-corrected chi connectivity index (χ2v) is 10.7. The topological polar surface area (TPSA) is 93.2 Å². The fourth-order valence-corrected chi connectivity index (χ4v) is 6.02. The van der Waals surface area contributed by atoms with Gasteiger partial charge in [-0.1, -0.05) is 6.07 Å². The molecule has 3 rings (SSSR count). The van der Waals surface area contributed by atoms with E-state index in [-0.39, 0.29) is 36.0 Å². The third kappa shape index (κ3) is 5.60. The largest absolute Gasteiger partial charge is 0.491 e. The molecule has 2 aromatic rings. The van der Waals surface area contributed by atoms with Gasteiger partial charge in [0, 0.05) is 32.8 Å². The molecule has 0 aliphatic carbocycles. The van der Waals surface area contributed by atoms with Crippen molar-refractivity contribution in [2.24, 2.45) is 0 Å². The van der Waals surface area contributed by atoms with E-state index < -0.39 is 25.9 Å². The zero-order valence-corrected chi connectivity index (χ0v) is 18.7. The summed E-state index contributed by atoms with van der Waals surface area (Å²) >= 11 is 0. The van der Waals surface area contributed by atoms with Crippen LogP contribution in [0.15, 0.2) is 58.3 Å². The number of hydrogen-bond acceptors (Lipinski definition) is 6. The van der Waals surface area contributed by atoms with Crippen LogP contribution >= 0.6 is 0 Å². The summed E-state index contributed by atoms with van der Waals surface area (Å²) in [5.74, 6) is -0.114. The Morgan fingerprint density at radius 1 is 0.839 bits per heavy atom. The third-order valence-corrected chi connectivity index (χ3v) is 8.60. The summed E-state index contributed by atoms with van der Waals surface area (Å²) in [5.41, 5.74) is 0. The van der Waals surface area contributed by atoms with Crippen molar-refractivity contribution in [2.75, 3.05) is 46.0 Å².